The predicted molar refractivity (Wildman–Crippen MR) is 75.8 cm³/mol. The van der Waals surface area contributed by atoms with Crippen molar-refractivity contribution in [3.05, 3.63) is 63.9 Å². The number of nitrogens with zero attached hydrogens (tertiary/aromatic N) is 1. The summed E-state index contributed by atoms with van der Waals surface area (Å²) in [5.74, 6) is -0.579. The van der Waals surface area contributed by atoms with Crippen LogP contribution in [0.4, 0.5) is 10.1 Å². The third kappa shape index (κ3) is 2.12. The first-order valence-corrected chi connectivity index (χ1v) is 6.54. The van der Waals surface area contributed by atoms with Crippen LogP contribution in [0.2, 0.25) is 5.02 Å². The Morgan fingerprint density at radius 3 is 2.90 bits per heavy atom. The Balaban J connectivity index is 1.88. The summed E-state index contributed by atoms with van der Waals surface area (Å²) in [6.45, 7) is 0.769. The second-order valence-electron chi connectivity index (χ2n) is 4.79. The molecule has 0 unspecified atom stereocenters. The first-order valence-electron chi connectivity index (χ1n) is 6.17. The zero-order valence-corrected chi connectivity index (χ0v) is 11.3. The Morgan fingerprint density at radius 2 is 2.10 bits per heavy atom. The van der Waals surface area contributed by atoms with Crippen LogP contribution in [0, 0.1) is 5.82 Å². The van der Waals surface area contributed by atoms with Crippen molar-refractivity contribution in [1.29, 1.82) is 0 Å². The highest BCUT2D eigenvalue weighted by molar-refractivity contribution is 6.31. The van der Waals surface area contributed by atoms with E-state index in [2.05, 4.69) is 0 Å². The number of anilines is 1. The summed E-state index contributed by atoms with van der Waals surface area (Å²) in [7, 11) is 0. The van der Waals surface area contributed by atoms with Gasteiger partial charge in [0.25, 0.3) is 5.91 Å². The Labute approximate surface area is 120 Å². The fraction of sp³-hybridized carbons (Fsp3) is 0.133. The van der Waals surface area contributed by atoms with Gasteiger partial charge in [-0.1, -0.05) is 29.8 Å². The van der Waals surface area contributed by atoms with Crippen LogP contribution in [0.15, 0.2) is 36.4 Å². The molecule has 102 valence electrons. The van der Waals surface area contributed by atoms with Crippen LogP contribution < -0.4 is 5.73 Å². The van der Waals surface area contributed by atoms with Crippen molar-refractivity contribution >= 4 is 23.2 Å². The van der Waals surface area contributed by atoms with Gasteiger partial charge in [-0.3, -0.25) is 4.79 Å². The number of rotatable bonds is 2. The summed E-state index contributed by atoms with van der Waals surface area (Å²) in [6, 6.07) is 9.89. The molecule has 0 fully saturated rings. The largest absolute Gasteiger partial charge is 0.399 e. The average molecular weight is 291 g/mol. The number of amides is 1. The van der Waals surface area contributed by atoms with Gasteiger partial charge in [0.1, 0.15) is 5.82 Å². The SMILES string of the molecule is Nc1ccc2c(c1)C(=O)N(Cc1cccc(F)c1Cl)C2. The molecule has 0 spiro atoms. The summed E-state index contributed by atoms with van der Waals surface area (Å²) in [6.07, 6.45) is 0. The minimum atomic E-state index is -0.474. The van der Waals surface area contributed by atoms with Crippen molar-refractivity contribution in [2.45, 2.75) is 13.1 Å². The van der Waals surface area contributed by atoms with Crippen molar-refractivity contribution in [3.63, 3.8) is 0 Å². The molecule has 0 bridgehead atoms. The van der Waals surface area contributed by atoms with Gasteiger partial charge in [-0.2, -0.15) is 0 Å². The van der Waals surface area contributed by atoms with E-state index in [4.69, 9.17) is 17.3 Å². The molecule has 0 saturated carbocycles. The number of fused-ring (bicyclic) bond motifs is 1. The third-order valence-corrected chi connectivity index (χ3v) is 3.83. The van der Waals surface area contributed by atoms with Crippen LogP contribution in [0.3, 0.4) is 0 Å². The molecule has 1 heterocycles. The fourth-order valence-corrected chi connectivity index (χ4v) is 2.57. The van der Waals surface area contributed by atoms with Gasteiger partial charge in [0, 0.05) is 24.3 Å². The van der Waals surface area contributed by atoms with Gasteiger partial charge in [0.15, 0.2) is 0 Å². The summed E-state index contributed by atoms with van der Waals surface area (Å²) in [4.78, 5) is 13.9. The molecule has 3 nitrogen and oxygen atoms in total. The standard InChI is InChI=1S/C15H12ClFN2O/c16-14-10(2-1-3-13(14)17)8-19-7-9-4-5-11(18)6-12(9)15(19)20/h1-6H,7-8,18H2. The molecule has 2 aromatic carbocycles. The van der Waals surface area contributed by atoms with Gasteiger partial charge in [-0.25, -0.2) is 4.39 Å². The fourth-order valence-electron chi connectivity index (χ4n) is 2.38. The van der Waals surface area contributed by atoms with Gasteiger partial charge in [0.05, 0.1) is 5.02 Å². The van der Waals surface area contributed by atoms with Crippen LogP contribution in [-0.2, 0) is 13.1 Å². The van der Waals surface area contributed by atoms with E-state index in [1.165, 1.54) is 6.07 Å². The van der Waals surface area contributed by atoms with Crippen molar-refractivity contribution in [3.8, 4) is 0 Å². The molecule has 0 saturated heterocycles. The molecule has 3 rings (SSSR count). The van der Waals surface area contributed by atoms with Crippen LogP contribution in [0.5, 0.6) is 0 Å². The quantitative estimate of drug-likeness (QED) is 0.863. The number of benzene rings is 2. The van der Waals surface area contributed by atoms with Gasteiger partial charge in [-0.15, -0.1) is 0 Å². The molecule has 1 amide bonds. The van der Waals surface area contributed by atoms with Crippen molar-refractivity contribution in [2.75, 3.05) is 5.73 Å². The molecule has 5 heteroatoms. The third-order valence-electron chi connectivity index (χ3n) is 3.41. The maximum atomic E-state index is 13.4. The lowest BCUT2D eigenvalue weighted by Crippen LogP contribution is -2.23. The number of hydrogen-bond donors (Lipinski definition) is 1. The molecule has 2 aromatic rings. The lowest BCUT2D eigenvalue weighted by atomic mass is 10.1. The number of hydrogen-bond acceptors (Lipinski definition) is 2. The topological polar surface area (TPSA) is 46.3 Å². The Morgan fingerprint density at radius 1 is 1.30 bits per heavy atom. The molecule has 2 N–H and O–H groups in total. The summed E-state index contributed by atoms with van der Waals surface area (Å²) < 4.78 is 13.4. The molecular weight excluding hydrogens is 279 g/mol. The second kappa shape index (κ2) is 4.80. The van der Waals surface area contributed by atoms with Crippen LogP contribution in [-0.4, -0.2) is 10.8 Å². The highest BCUT2D eigenvalue weighted by Crippen LogP contribution is 2.28. The first-order chi connectivity index (χ1) is 9.56. The van der Waals surface area contributed by atoms with E-state index in [1.54, 1.807) is 29.2 Å². The molecule has 1 aliphatic rings. The number of carbonyl (C=O) groups is 1. The lowest BCUT2D eigenvalue weighted by Gasteiger charge is -2.16. The van der Waals surface area contributed by atoms with E-state index in [-0.39, 0.29) is 17.5 Å². The Kier molecular flexibility index (Phi) is 3.10. The van der Waals surface area contributed by atoms with Crippen LogP contribution in [0.25, 0.3) is 0 Å². The number of nitrogens with two attached hydrogens (primary N) is 1. The van der Waals surface area contributed by atoms with E-state index in [0.29, 0.717) is 23.4 Å². The molecule has 0 atom stereocenters. The van der Waals surface area contributed by atoms with Crippen LogP contribution >= 0.6 is 11.6 Å². The zero-order chi connectivity index (χ0) is 14.3. The summed E-state index contributed by atoms with van der Waals surface area (Å²) >= 11 is 5.92. The molecule has 1 aliphatic heterocycles. The monoisotopic (exact) mass is 290 g/mol. The van der Waals surface area contributed by atoms with Gasteiger partial charge in [-0.05, 0) is 29.3 Å². The minimum absolute atomic E-state index is 0.0655. The van der Waals surface area contributed by atoms with E-state index in [0.717, 1.165) is 5.56 Å². The van der Waals surface area contributed by atoms with E-state index in [1.807, 2.05) is 6.07 Å². The zero-order valence-electron chi connectivity index (χ0n) is 10.6. The summed E-state index contributed by atoms with van der Waals surface area (Å²) in [5.41, 5.74) is 8.39. The normalized spacial score (nSPS) is 13.7. The van der Waals surface area contributed by atoms with E-state index >= 15 is 0 Å². The smallest absolute Gasteiger partial charge is 0.254 e. The maximum absolute atomic E-state index is 13.4. The highest BCUT2D eigenvalue weighted by atomic mass is 35.5. The lowest BCUT2D eigenvalue weighted by molar-refractivity contribution is 0.0766. The molecular formula is C15H12ClFN2O. The van der Waals surface area contributed by atoms with Gasteiger partial charge in [0.2, 0.25) is 0 Å². The number of carbonyl (C=O) groups excluding carboxylic acids is 1. The average Bonchev–Trinajstić information content (AvgIpc) is 2.72. The Hall–Kier alpha value is -2.07. The van der Waals surface area contributed by atoms with E-state index < -0.39 is 5.82 Å². The Bertz CT molecular complexity index is 702. The van der Waals surface area contributed by atoms with Gasteiger partial charge >= 0.3 is 0 Å². The van der Waals surface area contributed by atoms with Crippen molar-refractivity contribution < 1.29 is 9.18 Å². The molecule has 0 radical (unpaired) electrons. The molecule has 0 aromatic heterocycles. The van der Waals surface area contributed by atoms with E-state index in [9.17, 15) is 9.18 Å². The van der Waals surface area contributed by atoms with Gasteiger partial charge < -0.3 is 10.6 Å². The van der Waals surface area contributed by atoms with Crippen molar-refractivity contribution in [1.82, 2.24) is 4.90 Å². The highest BCUT2D eigenvalue weighted by Gasteiger charge is 2.27. The number of nitrogen functional groups attached to an aromatic ring is 1. The summed E-state index contributed by atoms with van der Waals surface area (Å²) in [5, 5.41) is 0.0655. The van der Waals surface area contributed by atoms with Crippen molar-refractivity contribution in [2.24, 2.45) is 0 Å². The first kappa shape index (κ1) is 12.9. The molecule has 20 heavy (non-hydrogen) atoms. The maximum Gasteiger partial charge on any atom is 0.254 e. The van der Waals surface area contributed by atoms with Crippen LogP contribution in [0.1, 0.15) is 21.5 Å². The molecule has 0 aliphatic carbocycles. The minimum Gasteiger partial charge on any atom is -0.399 e. The second-order valence-corrected chi connectivity index (χ2v) is 5.17. The number of halogens is 2. The predicted octanol–water partition coefficient (Wildman–Crippen LogP) is 3.22.